The first-order valence-electron chi connectivity index (χ1n) is 7.02. The molecule has 2 rings (SSSR count). The fraction of sp³-hybridized carbons (Fsp3) is 0.235. The molecule has 1 aromatic heterocycles. The molecular weight excluding hydrogens is 294 g/mol. The summed E-state index contributed by atoms with van der Waals surface area (Å²) in [6.45, 7) is 3.41. The summed E-state index contributed by atoms with van der Waals surface area (Å²) in [6.07, 6.45) is 0.325. The number of nitriles is 1. The monoisotopic (exact) mass is 311 g/mol. The lowest BCUT2D eigenvalue weighted by Gasteiger charge is -2.06. The number of aromatic amines is 1. The van der Waals surface area contributed by atoms with E-state index in [1.807, 2.05) is 0 Å². The minimum atomic E-state index is -0.476. The van der Waals surface area contributed by atoms with E-state index >= 15 is 0 Å². The van der Waals surface area contributed by atoms with E-state index in [-0.39, 0.29) is 5.91 Å². The summed E-state index contributed by atoms with van der Waals surface area (Å²) >= 11 is 0. The van der Waals surface area contributed by atoms with E-state index in [0.29, 0.717) is 34.6 Å². The van der Waals surface area contributed by atoms with E-state index < -0.39 is 5.97 Å². The van der Waals surface area contributed by atoms with Crippen LogP contribution in [0.5, 0.6) is 0 Å². The number of carbonyl (C=O) groups is 2. The predicted octanol–water partition coefficient (Wildman–Crippen LogP) is 2.74. The van der Waals surface area contributed by atoms with Gasteiger partial charge < -0.3 is 15.0 Å². The summed E-state index contributed by atoms with van der Waals surface area (Å²) in [5.41, 5.74) is 3.33. The molecule has 6 nitrogen and oxygen atoms in total. The molecule has 1 aromatic carbocycles. The molecule has 2 N–H and O–H groups in total. The third-order valence-electron chi connectivity index (χ3n) is 3.55. The Morgan fingerprint density at radius 2 is 1.91 bits per heavy atom. The van der Waals surface area contributed by atoms with Gasteiger partial charge in [-0.1, -0.05) is 12.1 Å². The molecule has 1 amide bonds. The van der Waals surface area contributed by atoms with Crippen LogP contribution in [0.4, 0.5) is 5.69 Å². The second-order valence-electron chi connectivity index (χ2n) is 5.10. The Labute approximate surface area is 134 Å². The molecule has 118 valence electrons. The van der Waals surface area contributed by atoms with Crippen LogP contribution in [0.25, 0.3) is 0 Å². The van der Waals surface area contributed by atoms with Gasteiger partial charge in [-0.15, -0.1) is 0 Å². The number of hydrogen-bond donors (Lipinski definition) is 2. The first-order chi connectivity index (χ1) is 11.0. The van der Waals surface area contributed by atoms with Crippen LogP contribution in [-0.2, 0) is 11.2 Å². The van der Waals surface area contributed by atoms with Gasteiger partial charge in [-0.3, -0.25) is 4.79 Å². The molecule has 2 aromatic rings. The highest BCUT2D eigenvalue weighted by Crippen LogP contribution is 2.20. The maximum atomic E-state index is 12.4. The second kappa shape index (κ2) is 6.79. The van der Waals surface area contributed by atoms with Crippen LogP contribution in [0.2, 0.25) is 0 Å². The van der Waals surface area contributed by atoms with Crippen LogP contribution in [0, 0.1) is 25.2 Å². The predicted molar refractivity (Wildman–Crippen MR) is 85.3 cm³/mol. The number of H-pyrrole nitrogens is 1. The van der Waals surface area contributed by atoms with E-state index in [9.17, 15) is 9.59 Å². The van der Waals surface area contributed by atoms with Crippen molar-refractivity contribution in [1.29, 1.82) is 5.26 Å². The Morgan fingerprint density at radius 3 is 2.48 bits per heavy atom. The Kier molecular flexibility index (Phi) is 4.82. The number of aromatic nitrogens is 1. The first kappa shape index (κ1) is 16.3. The number of ether oxygens (including phenoxy) is 1. The number of rotatable bonds is 4. The Bertz CT molecular complexity index is 783. The first-order valence-corrected chi connectivity index (χ1v) is 7.02. The van der Waals surface area contributed by atoms with Crippen molar-refractivity contribution in [2.24, 2.45) is 0 Å². The maximum absolute atomic E-state index is 12.4. The van der Waals surface area contributed by atoms with Gasteiger partial charge in [0.15, 0.2) is 0 Å². The van der Waals surface area contributed by atoms with Crippen molar-refractivity contribution in [2.75, 3.05) is 12.4 Å². The minimum Gasteiger partial charge on any atom is -0.465 e. The molecule has 0 atom stereocenters. The number of methoxy groups -OCH3 is 1. The van der Waals surface area contributed by atoms with Gasteiger partial charge in [-0.2, -0.15) is 5.26 Å². The molecule has 0 fully saturated rings. The number of nitrogens with one attached hydrogen (secondary N) is 2. The number of aryl methyl sites for hydroxylation is 1. The van der Waals surface area contributed by atoms with Crippen LogP contribution < -0.4 is 5.32 Å². The summed E-state index contributed by atoms with van der Waals surface area (Å²) in [5.74, 6) is -0.815. The van der Waals surface area contributed by atoms with Gasteiger partial charge >= 0.3 is 5.97 Å². The van der Waals surface area contributed by atoms with E-state index in [1.54, 1.807) is 38.1 Å². The lowest BCUT2D eigenvalue weighted by atomic mass is 10.1. The van der Waals surface area contributed by atoms with Crippen LogP contribution in [0.15, 0.2) is 24.3 Å². The minimum absolute atomic E-state index is 0.323. The van der Waals surface area contributed by atoms with Crippen molar-refractivity contribution in [3.05, 3.63) is 52.3 Å². The smallest absolute Gasteiger partial charge is 0.339 e. The zero-order chi connectivity index (χ0) is 17.0. The molecule has 0 unspecified atom stereocenters. The van der Waals surface area contributed by atoms with E-state index in [0.717, 1.165) is 5.56 Å². The number of benzene rings is 1. The summed E-state index contributed by atoms with van der Waals surface area (Å²) in [4.78, 5) is 27.0. The fourth-order valence-corrected chi connectivity index (χ4v) is 2.38. The summed E-state index contributed by atoms with van der Waals surface area (Å²) in [7, 11) is 1.30. The van der Waals surface area contributed by atoms with Crippen molar-refractivity contribution >= 4 is 17.6 Å². The maximum Gasteiger partial charge on any atom is 0.339 e. The van der Waals surface area contributed by atoms with Crippen LogP contribution >= 0.6 is 0 Å². The van der Waals surface area contributed by atoms with Gasteiger partial charge in [0.05, 0.1) is 25.2 Å². The van der Waals surface area contributed by atoms with Crippen LogP contribution in [0.3, 0.4) is 0 Å². The average molecular weight is 311 g/mol. The second-order valence-corrected chi connectivity index (χ2v) is 5.10. The van der Waals surface area contributed by atoms with Crippen LogP contribution in [-0.4, -0.2) is 24.0 Å². The summed E-state index contributed by atoms with van der Waals surface area (Å²) < 4.78 is 4.73. The molecule has 23 heavy (non-hydrogen) atoms. The molecule has 0 bridgehead atoms. The van der Waals surface area contributed by atoms with Crippen molar-refractivity contribution in [3.8, 4) is 6.07 Å². The third-order valence-corrected chi connectivity index (χ3v) is 3.55. The topological polar surface area (TPSA) is 95.0 Å². The lowest BCUT2D eigenvalue weighted by Crippen LogP contribution is -2.14. The number of anilines is 1. The molecule has 6 heteroatoms. The molecule has 0 aliphatic carbocycles. The Morgan fingerprint density at radius 1 is 1.26 bits per heavy atom. The standard InChI is InChI=1S/C17H17N3O3/c1-10-14(17(22)23-3)11(2)19-15(10)16(21)20-13-6-4-12(5-7-13)8-9-18/h4-7,19H,8H2,1-3H3,(H,20,21). The fourth-order valence-electron chi connectivity index (χ4n) is 2.38. The third kappa shape index (κ3) is 3.40. The zero-order valence-corrected chi connectivity index (χ0v) is 13.2. The highest BCUT2D eigenvalue weighted by atomic mass is 16.5. The SMILES string of the molecule is COC(=O)c1c(C)[nH]c(C(=O)Nc2ccc(CC#N)cc2)c1C. The largest absolute Gasteiger partial charge is 0.465 e. The molecule has 0 saturated heterocycles. The van der Waals surface area contributed by atoms with Crippen molar-refractivity contribution in [1.82, 2.24) is 4.98 Å². The number of amides is 1. The lowest BCUT2D eigenvalue weighted by molar-refractivity contribution is 0.0599. The average Bonchev–Trinajstić information content (AvgIpc) is 2.84. The molecular formula is C17H17N3O3. The molecule has 0 aliphatic heterocycles. The summed E-state index contributed by atoms with van der Waals surface area (Å²) in [5, 5.41) is 11.4. The molecule has 0 aliphatic rings. The van der Waals surface area contributed by atoms with Gasteiger partial charge in [0, 0.05) is 11.4 Å². The van der Waals surface area contributed by atoms with Gasteiger partial charge in [0.25, 0.3) is 5.91 Å². The van der Waals surface area contributed by atoms with E-state index in [4.69, 9.17) is 10.00 Å². The highest BCUT2D eigenvalue weighted by molar-refractivity contribution is 6.06. The number of nitrogens with zero attached hydrogens (tertiary/aromatic N) is 1. The van der Waals surface area contributed by atoms with Gasteiger partial charge in [-0.25, -0.2) is 4.79 Å². The van der Waals surface area contributed by atoms with Gasteiger partial charge in [0.1, 0.15) is 5.69 Å². The normalized spacial score (nSPS) is 10.0. The number of esters is 1. The number of hydrogen-bond acceptors (Lipinski definition) is 4. The number of carbonyl (C=O) groups excluding carboxylic acids is 2. The highest BCUT2D eigenvalue weighted by Gasteiger charge is 2.22. The van der Waals surface area contributed by atoms with E-state index in [2.05, 4.69) is 16.4 Å². The van der Waals surface area contributed by atoms with Crippen molar-refractivity contribution in [3.63, 3.8) is 0 Å². The van der Waals surface area contributed by atoms with Gasteiger partial charge in [0.2, 0.25) is 0 Å². The molecule has 0 saturated carbocycles. The van der Waals surface area contributed by atoms with Crippen LogP contribution in [0.1, 0.15) is 37.7 Å². The Hall–Kier alpha value is -3.07. The zero-order valence-electron chi connectivity index (χ0n) is 13.2. The quantitative estimate of drug-likeness (QED) is 0.849. The summed E-state index contributed by atoms with van der Waals surface area (Å²) in [6, 6.07) is 9.10. The Balaban J connectivity index is 2.21. The molecule has 0 radical (unpaired) electrons. The molecule has 0 spiro atoms. The van der Waals surface area contributed by atoms with E-state index in [1.165, 1.54) is 7.11 Å². The van der Waals surface area contributed by atoms with Crippen molar-refractivity contribution in [2.45, 2.75) is 20.3 Å². The van der Waals surface area contributed by atoms with Crippen molar-refractivity contribution < 1.29 is 14.3 Å². The molecule has 1 heterocycles. The van der Waals surface area contributed by atoms with Gasteiger partial charge in [-0.05, 0) is 37.1 Å².